The summed E-state index contributed by atoms with van der Waals surface area (Å²) in [6.07, 6.45) is 5.32. The number of aromatic nitrogens is 1. The van der Waals surface area contributed by atoms with Gasteiger partial charge in [0.1, 0.15) is 0 Å². The van der Waals surface area contributed by atoms with Crippen LogP contribution in [0.2, 0.25) is 0 Å². The third-order valence-corrected chi connectivity index (χ3v) is 3.56. The molecule has 0 atom stereocenters. The molecule has 0 unspecified atom stereocenters. The molecule has 2 rings (SSSR count). The molecule has 1 aliphatic heterocycles. The van der Waals surface area contributed by atoms with Gasteiger partial charge in [0.15, 0.2) is 0 Å². The Bertz CT molecular complexity index is 443. The van der Waals surface area contributed by atoms with Gasteiger partial charge in [-0.05, 0) is 24.0 Å². The zero-order valence-corrected chi connectivity index (χ0v) is 11.6. The number of hydrogen-bond donors (Lipinski definition) is 1. The van der Waals surface area contributed by atoms with Crippen LogP contribution in [0.3, 0.4) is 0 Å². The van der Waals surface area contributed by atoms with Crippen molar-refractivity contribution in [1.29, 1.82) is 0 Å². The number of pyridine rings is 1. The van der Waals surface area contributed by atoms with Crippen molar-refractivity contribution in [3.8, 4) is 0 Å². The SMILES string of the molecule is CC(C)(C)C1=CCN(Cc2ncccc2N)CC1. The molecule has 1 aromatic heterocycles. The molecule has 3 nitrogen and oxygen atoms in total. The molecule has 0 amide bonds. The Morgan fingerprint density at radius 2 is 2.17 bits per heavy atom. The number of anilines is 1. The first kappa shape index (κ1) is 13.1. The van der Waals surface area contributed by atoms with Crippen LogP contribution in [0.25, 0.3) is 0 Å². The van der Waals surface area contributed by atoms with E-state index in [1.807, 2.05) is 18.3 Å². The normalized spacial score (nSPS) is 17.6. The summed E-state index contributed by atoms with van der Waals surface area (Å²) < 4.78 is 0. The van der Waals surface area contributed by atoms with Gasteiger partial charge >= 0.3 is 0 Å². The average molecular weight is 245 g/mol. The highest BCUT2D eigenvalue weighted by Crippen LogP contribution is 2.30. The van der Waals surface area contributed by atoms with Crippen LogP contribution in [0.15, 0.2) is 30.0 Å². The number of rotatable bonds is 2. The highest BCUT2D eigenvalue weighted by molar-refractivity contribution is 5.41. The highest BCUT2D eigenvalue weighted by Gasteiger charge is 2.21. The second-order valence-corrected chi connectivity index (χ2v) is 6.00. The zero-order valence-electron chi connectivity index (χ0n) is 11.6. The van der Waals surface area contributed by atoms with Crippen molar-refractivity contribution < 1.29 is 0 Å². The Balaban J connectivity index is 1.99. The molecule has 18 heavy (non-hydrogen) atoms. The maximum Gasteiger partial charge on any atom is 0.0772 e. The van der Waals surface area contributed by atoms with Gasteiger partial charge in [0.25, 0.3) is 0 Å². The maximum absolute atomic E-state index is 5.93. The third-order valence-electron chi connectivity index (χ3n) is 3.56. The summed E-state index contributed by atoms with van der Waals surface area (Å²) in [4.78, 5) is 6.75. The lowest BCUT2D eigenvalue weighted by atomic mass is 9.83. The number of nitrogens with two attached hydrogens (primary N) is 1. The maximum atomic E-state index is 5.93. The minimum atomic E-state index is 0.302. The lowest BCUT2D eigenvalue weighted by Gasteiger charge is -2.32. The van der Waals surface area contributed by atoms with Crippen LogP contribution >= 0.6 is 0 Å². The van der Waals surface area contributed by atoms with Crippen LogP contribution in [0.4, 0.5) is 5.69 Å². The van der Waals surface area contributed by atoms with E-state index in [9.17, 15) is 0 Å². The van der Waals surface area contributed by atoms with Crippen molar-refractivity contribution in [3.63, 3.8) is 0 Å². The summed E-state index contributed by atoms with van der Waals surface area (Å²) in [5.74, 6) is 0. The first-order chi connectivity index (χ1) is 8.47. The molecule has 0 saturated heterocycles. The van der Waals surface area contributed by atoms with E-state index in [1.165, 1.54) is 0 Å². The van der Waals surface area contributed by atoms with Gasteiger partial charge in [-0.15, -0.1) is 0 Å². The quantitative estimate of drug-likeness (QED) is 0.815. The fraction of sp³-hybridized carbons (Fsp3) is 0.533. The van der Waals surface area contributed by atoms with Gasteiger partial charge in [-0.25, -0.2) is 0 Å². The lowest BCUT2D eigenvalue weighted by molar-refractivity contribution is 0.269. The van der Waals surface area contributed by atoms with E-state index in [0.717, 1.165) is 37.4 Å². The summed E-state index contributed by atoms with van der Waals surface area (Å²) in [6, 6.07) is 3.80. The summed E-state index contributed by atoms with van der Waals surface area (Å²) >= 11 is 0. The van der Waals surface area contributed by atoms with Gasteiger partial charge in [-0.1, -0.05) is 32.4 Å². The van der Waals surface area contributed by atoms with Gasteiger partial charge in [0.05, 0.1) is 11.4 Å². The summed E-state index contributed by atoms with van der Waals surface area (Å²) in [5, 5.41) is 0. The van der Waals surface area contributed by atoms with Crippen molar-refractivity contribution in [2.75, 3.05) is 18.8 Å². The van der Waals surface area contributed by atoms with Gasteiger partial charge in [0, 0.05) is 25.8 Å². The Hall–Kier alpha value is -1.35. The van der Waals surface area contributed by atoms with E-state index < -0.39 is 0 Å². The predicted octanol–water partition coefficient (Wildman–Crippen LogP) is 2.84. The minimum absolute atomic E-state index is 0.302. The first-order valence-corrected chi connectivity index (χ1v) is 6.58. The first-order valence-electron chi connectivity index (χ1n) is 6.58. The molecular weight excluding hydrogens is 222 g/mol. The standard InChI is InChI=1S/C15H23N3/c1-15(2,3)12-6-9-18(10-7-12)11-14-13(16)5-4-8-17-14/h4-6,8H,7,9-11,16H2,1-3H3. The van der Waals surface area contributed by atoms with Gasteiger partial charge < -0.3 is 5.73 Å². The van der Waals surface area contributed by atoms with Gasteiger partial charge in [-0.2, -0.15) is 0 Å². The van der Waals surface area contributed by atoms with Crippen molar-refractivity contribution in [1.82, 2.24) is 9.88 Å². The monoisotopic (exact) mass is 245 g/mol. The Kier molecular flexibility index (Phi) is 3.71. The largest absolute Gasteiger partial charge is 0.397 e. The molecule has 0 fully saturated rings. The van der Waals surface area contributed by atoms with Gasteiger partial charge in [0.2, 0.25) is 0 Å². The van der Waals surface area contributed by atoms with Crippen LogP contribution < -0.4 is 5.73 Å². The van der Waals surface area contributed by atoms with Crippen LogP contribution in [0.1, 0.15) is 32.9 Å². The molecule has 2 N–H and O–H groups in total. The van der Waals surface area contributed by atoms with Crippen LogP contribution in [-0.2, 0) is 6.54 Å². The van der Waals surface area contributed by atoms with E-state index in [0.29, 0.717) is 5.41 Å². The van der Waals surface area contributed by atoms with E-state index in [2.05, 4.69) is 36.7 Å². The number of nitrogen functional groups attached to an aromatic ring is 1. The van der Waals surface area contributed by atoms with Crippen LogP contribution in [-0.4, -0.2) is 23.0 Å². The van der Waals surface area contributed by atoms with Gasteiger partial charge in [-0.3, -0.25) is 9.88 Å². The second-order valence-electron chi connectivity index (χ2n) is 6.00. The molecule has 1 aliphatic rings. The van der Waals surface area contributed by atoms with E-state index in [-0.39, 0.29) is 0 Å². The molecule has 0 spiro atoms. The number of hydrogen-bond acceptors (Lipinski definition) is 3. The lowest BCUT2D eigenvalue weighted by Crippen LogP contribution is -2.31. The van der Waals surface area contributed by atoms with Crippen molar-refractivity contribution >= 4 is 5.69 Å². The van der Waals surface area contributed by atoms with E-state index in [1.54, 1.807) is 5.57 Å². The Morgan fingerprint density at radius 3 is 2.72 bits per heavy atom. The molecule has 0 aromatic carbocycles. The zero-order chi connectivity index (χ0) is 13.2. The van der Waals surface area contributed by atoms with Crippen LogP contribution in [0, 0.1) is 5.41 Å². The van der Waals surface area contributed by atoms with E-state index in [4.69, 9.17) is 5.73 Å². The molecule has 2 heterocycles. The van der Waals surface area contributed by atoms with Crippen LogP contribution in [0.5, 0.6) is 0 Å². The Labute approximate surface area is 110 Å². The minimum Gasteiger partial charge on any atom is -0.397 e. The highest BCUT2D eigenvalue weighted by atomic mass is 15.1. The Morgan fingerprint density at radius 1 is 1.39 bits per heavy atom. The van der Waals surface area contributed by atoms with E-state index >= 15 is 0 Å². The predicted molar refractivity (Wildman–Crippen MR) is 76.1 cm³/mol. The molecule has 1 aromatic rings. The molecule has 0 aliphatic carbocycles. The molecule has 0 radical (unpaired) electrons. The topological polar surface area (TPSA) is 42.2 Å². The fourth-order valence-corrected chi connectivity index (χ4v) is 2.33. The fourth-order valence-electron chi connectivity index (χ4n) is 2.33. The smallest absolute Gasteiger partial charge is 0.0772 e. The van der Waals surface area contributed by atoms with Crippen molar-refractivity contribution in [2.45, 2.75) is 33.7 Å². The molecule has 98 valence electrons. The number of nitrogens with zero attached hydrogens (tertiary/aromatic N) is 2. The average Bonchev–Trinajstić information content (AvgIpc) is 2.32. The summed E-state index contributed by atoms with van der Waals surface area (Å²) in [5.41, 5.74) is 9.58. The molecule has 3 heteroatoms. The second kappa shape index (κ2) is 5.11. The van der Waals surface area contributed by atoms with Crippen molar-refractivity contribution in [3.05, 3.63) is 35.7 Å². The third kappa shape index (κ3) is 3.10. The molecule has 0 bridgehead atoms. The summed E-state index contributed by atoms with van der Waals surface area (Å²) in [6.45, 7) is 9.80. The van der Waals surface area contributed by atoms with Crippen molar-refractivity contribution in [2.24, 2.45) is 5.41 Å². The molecular formula is C15H23N3. The molecule has 0 saturated carbocycles. The summed E-state index contributed by atoms with van der Waals surface area (Å²) in [7, 11) is 0.